The Morgan fingerprint density at radius 2 is 2.10 bits per heavy atom. The number of esters is 1. The first-order chi connectivity index (χ1) is 9.69. The van der Waals surface area contributed by atoms with Gasteiger partial charge in [-0.2, -0.15) is 0 Å². The molecular formula is C14H20N2O4. The van der Waals surface area contributed by atoms with Crippen molar-refractivity contribution in [3.8, 4) is 0 Å². The van der Waals surface area contributed by atoms with Crippen LogP contribution in [0.3, 0.4) is 0 Å². The molecule has 0 aliphatic carbocycles. The molecule has 0 atom stereocenters. The zero-order valence-corrected chi connectivity index (χ0v) is 11.9. The standard InChI is InChI=1S/C14H20N2O4/c1-19-10-4-8-16(9-6-13(17)20-2)14(18)12-5-3-7-15-11-12/h3,5,7,11H,4,6,8-10H2,1-2H3. The number of methoxy groups -OCH3 is 2. The van der Waals surface area contributed by atoms with E-state index in [1.54, 1.807) is 30.3 Å². The van der Waals surface area contributed by atoms with Crippen LogP contribution in [0.2, 0.25) is 0 Å². The third-order valence-electron chi connectivity index (χ3n) is 2.79. The number of carbonyl (C=O) groups excluding carboxylic acids is 2. The van der Waals surface area contributed by atoms with Crippen LogP contribution in [-0.4, -0.2) is 55.7 Å². The van der Waals surface area contributed by atoms with Gasteiger partial charge in [0, 0.05) is 39.2 Å². The molecule has 1 rings (SSSR count). The highest BCUT2D eigenvalue weighted by Crippen LogP contribution is 2.05. The smallest absolute Gasteiger partial charge is 0.307 e. The summed E-state index contributed by atoms with van der Waals surface area (Å²) in [5.74, 6) is -0.473. The topological polar surface area (TPSA) is 68.7 Å². The van der Waals surface area contributed by atoms with E-state index in [0.717, 1.165) is 0 Å². The van der Waals surface area contributed by atoms with E-state index in [4.69, 9.17) is 4.74 Å². The van der Waals surface area contributed by atoms with Gasteiger partial charge >= 0.3 is 5.97 Å². The normalized spacial score (nSPS) is 10.1. The average Bonchev–Trinajstić information content (AvgIpc) is 2.50. The maximum atomic E-state index is 12.3. The fourth-order valence-corrected chi connectivity index (χ4v) is 1.71. The van der Waals surface area contributed by atoms with Crippen molar-refractivity contribution in [1.29, 1.82) is 0 Å². The first-order valence-corrected chi connectivity index (χ1v) is 6.44. The maximum absolute atomic E-state index is 12.3. The second kappa shape index (κ2) is 9.03. The van der Waals surface area contributed by atoms with Crippen LogP contribution in [-0.2, 0) is 14.3 Å². The van der Waals surface area contributed by atoms with Gasteiger partial charge in [0.05, 0.1) is 19.1 Å². The number of aromatic nitrogens is 1. The van der Waals surface area contributed by atoms with E-state index in [-0.39, 0.29) is 18.3 Å². The summed E-state index contributed by atoms with van der Waals surface area (Å²) < 4.78 is 9.58. The third-order valence-corrected chi connectivity index (χ3v) is 2.79. The van der Waals surface area contributed by atoms with E-state index in [1.807, 2.05) is 0 Å². The van der Waals surface area contributed by atoms with Crippen LogP contribution in [0.5, 0.6) is 0 Å². The average molecular weight is 280 g/mol. The summed E-state index contributed by atoms with van der Waals surface area (Å²) in [6, 6.07) is 3.41. The molecule has 110 valence electrons. The van der Waals surface area contributed by atoms with Crippen molar-refractivity contribution in [2.45, 2.75) is 12.8 Å². The molecule has 6 heteroatoms. The molecule has 0 aliphatic rings. The molecule has 1 heterocycles. The monoisotopic (exact) mass is 280 g/mol. The van der Waals surface area contributed by atoms with Gasteiger partial charge in [-0.3, -0.25) is 14.6 Å². The number of rotatable bonds is 8. The number of pyridine rings is 1. The first kappa shape index (κ1) is 16.1. The minimum Gasteiger partial charge on any atom is -0.469 e. The van der Waals surface area contributed by atoms with E-state index in [0.29, 0.717) is 31.7 Å². The molecular weight excluding hydrogens is 260 g/mol. The minimum absolute atomic E-state index is 0.141. The molecule has 0 saturated carbocycles. The van der Waals surface area contributed by atoms with E-state index < -0.39 is 0 Å². The zero-order valence-electron chi connectivity index (χ0n) is 11.9. The Labute approximate surface area is 118 Å². The van der Waals surface area contributed by atoms with Gasteiger partial charge in [0.1, 0.15) is 0 Å². The lowest BCUT2D eigenvalue weighted by Gasteiger charge is -2.22. The Bertz CT molecular complexity index is 422. The second-order valence-corrected chi connectivity index (χ2v) is 4.21. The van der Waals surface area contributed by atoms with Crippen molar-refractivity contribution in [3.63, 3.8) is 0 Å². The highest BCUT2D eigenvalue weighted by molar-refractivity contribution is 5.94. The van der Waals surface area contributed by atoms with Crippen LogP contribution >= 0.6 is 0 Å². The zero-order chi connectivity index (χ0) is 14.8. The molecule has 1 aromatic rings. The van der Waals surface area contributed by atoms with Gasteiger partial charge in [0.2, 0.25) is 0 Å². The lowest BCUT2D eigenvalue weighted by atomic mass is 10.2. The van der Waals surface area contributed by atoms with E-state index in [1.165, 1.54) is 13.3 Å². The first-order valence-electron chi connectivity index (χ1n) is 6.44. The number of amides is 1. The van der Waals surface area contributed by atoms with Gasteiger partial charge in [0.25, 0.3) is 5.91 Å². The summed E-state index contributed by atoms with van der Waals surface area (Å²) in [5.41, 5.74) is 0.509. The van der Waals surface area contributed by atoms with E-state index in [2.05, 4.69) is 9.72 Å². The third kappa shape index (κ3) is 5.36. The SMILES string of the molecule is COCCCN(CCC(=O)OC)C(=O)c1cccnc1. The molecule has 6 nitrogen and oxygen atoms in total. The number of hydrogen-bond donors (Lipinski definition) is 0. The number of hydrogen-bond acceptors (Lipinski definition) is 5. The summed E-state index contributed by atoms with van der Waals surface area (Å²) in [6.07, 6.45) is 4.02. The van der Waals surface area contributed by atoms with Gasteiger partial charge in [-0.05, 0) is 18.6 Å². The van der Waals surface area contributed by atoms with Crippen LogP contribution < -0.4 is 0 Å². The largest absolute Gasteiger partial charge is 0.469 e. The minimum atomic E-state index is -0.333. The fourth-order valence-electron chi connectivity index (χ4n) is 1.71. The van der Waals surface area contributed by atoms with Gasteiger partial charge < -0.3 is 14.4 Å². The van der Waals surface area contributed by atoms with Crippen molar-refractivity contribution in [1.82, 2.24) is 9.88 Å². The van der Waals surface area contributed by atoms with Crippen LogP contribution in [0.4, 0.5) is 0 Å². The summed E-state index contributed by atoms with van der Waals surface area (Å²) >= 11 is 0. The van der Waals surface area contributed by atoms with Crippen LogP contribution in [0.1, 0.15) is 23.2 Å². The van der Waals surface area contributed by atoms with E-state index >= 15 is 0 Å². The molecule has 0 aromatic carbocycles. The van der Waals surface area contributed by atoms with Gasteiger partial charge in [-0.15, -0.1) is 0 Å². The fraction of sp³-hybridized carbons (Fsp3) is 0.500. The van der Waals surface area contributed by atoms with Gasteiger partial charge in [-0.1, -0.05) is 0 Å². The Morgan fingerprint density at radius 3 is 2.70 bits per heavy atom. The predicted molar refractivity (Wildman–Crippen MR) is 73.3 cm³/mol. The lowest BCUT2D eigenvalue weighted by molar-refractivity contribution is -0.140. The quantitative estimate of drug-likeness (QED) is 0.527. The van der Waals surface area contributed by atoms with Gasteiger partial charge in [0.15, 0.2) is 0 Å². The Balaban J connectivity index is 2.65. The van der Waals surface area contributed by atoms with Crippen LogP contribution in [0, 0.1) is 0 Å². The van der Waals surface area contributed by atoms with Crippen molar-refractivity contribution in [2.24, 2.45) is 0 Å². The van der Waals surface area contributed by atoms with Crippen LogP contribution in [0.25, 0.3) is 0 Å². The Hall–Kier alpha value is -1.95. The van der Waals surface area contributed by atoms with Crippen molar-refractivity contribution >= 4 is 11.9 Å². The highest BCUT2D eigenvalue weighted by Gasteiger charge is 2.16. The Kier molecular flexibility index (Phi) is 7.27. The van der Waals surface area contributed by atoms with Gasteiger partial charge in [-0.25, -0.2) is 0 Å². The summed E-state index contributed by atoms with van der Waals surface area (Å²) in [5, 5.41) is 0. The lowest BCUT2D eigenvalue weighted by Crippen LogP contribution is -2.34. The molecule has 1 aromatic heterocycles. The molecule has 0 unspecified atom stereocenters. The number of nitrogens with zero attached hydrogens (tertiary/aromatic N) is 2. The summed E-state index contributed by atoms with van der Waals surface area (Å²) in [4.78, 5) is 29.1. The summed E-state index contributed by atoms with van der Waals surface area (Å²) in [6.45, 7) is 1.41. The molecule has 0 aliphatic heterocycles. The molecule has 0 saturated heterocycles. The van der Waals surface area contributed by atoms with Crippen molar-refractivity contribution in [2.75, 3.05) is 33.9 Å². The van der Waals surface area contributed by atoms with Crippen molar-refractivity contribution in [3.05, 3.63) is 30.1 Å². The predicted octanol–water partition coefficient (Wildman–Crippen LogP) is 1.12. The number of carbonyl (C=O) groups is 2. The molecule has 0 fully saturated rings. The molecule has 0 N–H and O–H groups in total. The molecule has 0 spiro atoms. The molecule has 1 amide bonds. The number of ether oxygens (including phenoxy) is 2. The molecule has 0 bridgehead atoms. The Morgan fingerprint density at radius 1 is 1.30 bits per heavy atom. The maximum Gasteiger partial charge on any atom is 0.307 e. The van der Waals surface area contributed by atoms with E-state index in [9.17, 15) is 9.59 Å². The van der Waals surface area contributed by atoms with Crippen molar-refractivity contribution < 1.29 is 19.1 Å². The highest BCUT2D eigenvalue weighted by atomic mass is 16.5. The molecule has 0 radical (unpaired) electrons. The second-order valence-electron chi connectivity index (χ2n) is 4.21. The molecule has 20 heavy (non-hydrogen) atoms. The summed E-state index contributed by atoms with van der Waals surface area (Å²) in [7, 11) is 2.95. The van der Waals surface area contributed by atoms with Crippen LogP contribution in [0.15, 0.2) is 24.5 Å².